The fraction of sp³-hybridized carbons (Fsp3) is 0.579. The first-order valence-corrected chi connectivity index (χ1v) is 8.84. The van der Waals surface area contributed by atoms with E-state index in [1.54, 1.807) is 19.2 Å². The summed E-state index contributed by atoms with van der Waals surface area (Å²) in [5.41, 5.74) is 3.94. The van der Waals surface area contributed by atoms with Crippen molar-refractivity contribution in [2.75, 3.05) is 13.7 Å². The van der Waals surface area contributed by atoms with Crippen molar-refractivity contribution in [1.82, 2.24) is 5.43 Å². The molecule has 0 aromatic heterocycles. The van der Waals surface area contributed by atoms with Crippen LogP contribution in [0.25, 0.3) is 0 Å². The number of hydrazone groups is 1. The number of ether oxygens (including phenoxy) is 2. The maximum absolute atomic E-state index is 12.0. The highest BCUT2D eigenvalue weighted by Gasteiger charge is 2.46. The Kier molecular flexibility index (Phi) is 4.17. The molecule has 24 heavy (non-hydrogen) atoms. The Hall–Kier alpha value is -2.04. The molecule has 4 bridgehead atoms. The van der Waals surface area contributed by atoms with Crippen LogP contribution in [-0.2, 0) is 4.79 Å². The van der Waals surface area contributed by atoms with E-state index in [4.69, 9.17) is 9.47 Å². The van der Waals surface area contributed by atoms with Crippen LogP contribution in [-0.4, -0.2) is 25.3 Å². The van der Waals surface area contributed by atoms with E-state index in [0.29, 0.717) is 17.6 Å². The van der Waals surface area contributed by atoms with Crippen LogP contribution in [0, 0.1) is 23.7 Å². The molecular formula is C19H24N2O3. The molecule has 1 aromatic rings. The van der Waals surface area contributed by atoms with E-state index in [1.165, 1.54) is 37.8 Å². The summed E-state index contributed by atoms with van der Waals surface area (Å²) in [5, 5.41) is 4.48. The zero-order valence-corrected chi connectivity index (χ0v) is 14.0. The Morgan fingerprint density at radius 2 is 1.62 bits per heavy atom. The van der Waals surface area contributed by atoms with Crippen molar-refractivity contribution >= 4 is 11.6 Å². The second-order valence-corrected chi connectivity index (χ2v) is 7.34. The van der Waals surface area contributed by atoms with Crippen molar-refractivity contribution in [2.24, 2.45) is 28.8 Å². The number of carbonyl (C=O) groups excluding carboxylic acids is 1. The number of carbonyl (C=O) groups is 1. The zero-order chi connectivity index (χ0) is 16.5. The van der Waals surface area contributed by atoms with Crippen LogP contribution < -0.4 is 14.9 Å². The van der Waals surface area contributed by atoms with Crippen LogP contribution in [0.1, 0.15) is 32.1 Å². The third-order valence-electron chi connectivity index (χ3n) is 5.71. The lowest BCUT2D eigenvalue weighted by Gasteiger charge is -2.50. The van der Waals surface area contributed by atoms with Crippen molar-refractivity contribution in [2.45, 2.75) is 32.1 Å². The van der Waals surface area contributed by atoms with Gasteiger partial charge in [-0.2, -0.15) is 5.10 Å². The molecule has 128 valence electrons. The molecule has 0 heterocycles. The first-order valence-electron chi connectivity index (χ1n) is 8.84. The van der Waals surface area contributed by atoms with Gasteiger partial charge in [-0.25, -0.2) is 5.43 Å². The van der Waals surface area contributed by atoms with Crippen molar-refractivity contribution in [3.8, 4) is 11.5 Å². The zero-order valence-electron chi connectivity index (χ0n) is 14.0. The number of hydrogen-bond acceptors (Lipinski definition) is 4. The number of benzene rings is 1. The van der Waals surface area contributed by atoms with Crippen LogP contribution in [0.15, 0.2) is 29.4 Å². The fourth-order valence-electron chi connectivity index (χ4n) is 4.83. The van der Waals surface area contributed by atoms with Gasteiger partial charge in [-0.1, -0.05) is 0 Å². The average Bonchev–Trinajstić information content (AvgIpc) is 2.59. The van der Waals surface area contributed by atoms with Gasteiger partial charge in [0, 0.05) is 5.71 Å². The third-order valence-corrected chi connectivity index (χ3v) is 5.71. The maximum atomic E-state index is 12.0. The number of methoxy groups -OCH3 is 1. The number of nitrogens with one attached hydrogen (secondary N) is 1. The van der Waals surface area contributed by atoms with Crippen LogP contribution in [0.2, 0.25) is 0 Å². The molecule has 1 aromatic carbocycles. The second kappa shape index (κ2) is 6.46. The molecule has 0 atom stereocenters. The smallest absolute Gasteiger partial charge is 0.277 e. The molecule has 1 N–H and O–H groups in total. The monoisotopic (exact) mass is 328 g/mol. The quantitative estimate of drug-likeness (QED) is 0.845. The second-order valence-electron chi connectivity index (χ2n) is 7.34. The van der Waals surface area contributed by atoms with E-state index in [-0.39, 0.29) is 12.5 Å². The molecule has 5 heteroatoms. The lowest BCUT2D eigenvalue weighted by molar-refractivity contribution is -0.123. The molecule has 4 aliphatic rings. The summed E-state index contributed by atoms with van der Waals surface area (Å²) < 4.78 is 10.6. The van der Waals surface area contributed by atoms with E-state index in [9.17, 15) is 4.79 Å². The van der Waals surface area contributed by atoms with E-state index in [2.05, 4.69) is 10.5 Å². The Labute approximate surface area is 142 Å². The van der Waals surface area contributed by atoms with Gasteiger partial charge in [0.2, 0.25) is 0 Å². The van der Waals surface area contributed by atoms with Crippen LogP contribution >= 0.6 is 0 Å². The van der Waals surface area contributed by atoms with E-state index < -0.39 is 0 Å². The van der Waals surface area contributed by atoms with Gasteiger partial charge < -0.3 is 9.47 Å². The number of nitrogens with zero attached hydrogens (tertiary/aromatic N) is 1. The summed E-state index contributed by atoms with van der Waals surface area (Å²) in [6.07, 6.45) is 6.49. The van der Waals surface area contributed by atoms with Gasteiger partial charge in [0.15, 0.2) is 6.61 Å². The van der Waals surface area contributed by atoms with Gasteiger partial charge >= 0.3 is 0 Å². The minimum Gasteiger partial charge on any atom is -0.497 e. The predicted molar refractivity (Wildman–Crippen MR) is 91.1 cm³/mol. The first-order chi connectivity index (χ1) is 11.7. The summed E-state index contributed by atoms with van der Waals surface area (Å²) in [6, 6.07) is 7.19. The van der Waals surface area contributed by atoms with Crippen LogP contribution in [0.5, 0.6) is 11.5 Å². The van der Waals surface area contributed by atoms with Crippen molar-refractivity contribution < 1.29 is 14.3 Å². The molecule has 4 fully saturated rings. The largest absolute Gasteiger partial charge is 0.497 e. The van der Waals surface area contributed by atoms with Gasteiger partial charge in [0.05, 0.1) is 7.11 Å². The SMILES string of the molecule is COc1ccc(OCC(=O)NN=C2C3CC4CC(C3)CC2C4)cc1. The van der Waals surface area contributed by atoms with Crippen molar-refractivity contribution in [3.63, 3.8) is 0 Å². The molecule has 1 amide bonds. The Bertz CT molecular complexity index is 609. The molecule has 0 aliphatic heterocycles. The Morgan fingerprint density at radius 3 is 2.21 bits per heavy atom. The molecular weight excluding hydrogens is 304 g/mol. The minimum absolute atomic E-state index is 0.0241. The normalized spacial score (nSPS) is 30.1. The van der Waals surface area contributed by atoms with Crippen molar-refractivity contribution in [1.29, 1.82) is 0 Å². The highest BCUT2D eigenvalue weighted by atomic mass is 16.5. The molecule has 0 spiro atoms. The fourth-order valence-corrected chi connectivity index (χ4v) is 4.83. The molecule has 0 saturated heterocycles. The van der Waals surface area contributed by atoms with E-state index in [1.807, 2.05) is 12.1 Å². The molecule has 5 rings (SSSR count). The summed E-state index contributed by atoms with van der Waals surface area (Å²) in [6.45, 7) is -0.0241. The molecule has 4 aliphatic carbocycles. The average molecular weight is 328 g/mol. The third kappa shape index (κ3) is 3.12. The molecule has 5 nitrogen and oxygen atoms in total. The van der Waals surface area contributed by atoms with Gasteiger partial charge in [0.25, 0.3) is 5.91 Å². The topological polar surface area (TPSA) is 59.9 Å². The van der Waals surface area contributed by atoms with Gasteiger partial charge in [-0.3, -0.25) is 4.79 Å². The molecule has 0 unspecified atom stereocenters. The molecule has 4 saturated carbocycles. The standard InChI is InChI=1S/C19H24N2O3/c1-23-16-2-4-17(5-3-16)24-11-18(22)20-21-19-14-7-12-6-13(9-14)10-15(19)8-12/h2-5,12-15H,6-11H2,1H3,(H,20,22). The predicted octanol–water partition coefficient (Wildman–Crippen LogP) is 3.00. The highest BCUT2D eigenvalue weighted by Crippen LogP contribution is 2.52. The first kappa shape index (κ1) is 15.5. The maximum Gasteiger partial charge on any atom is 0.277 e. The summed E-state index contributed by atoms with van der Waals surface area (Å²) in [7, 11) is 1.62. The van der Waals surface area contributed by atoms with E-state index >= 15 is 0 Å². The van der Waals surface area contributed by atoms with Gasteiger partial charge in [-0.05, 0) is 80.0 Å². The number of rotatable bonds is 5. The number of amides is 1. The lowest BCUT2D eigenvalue weighted by Crippen LogP contribution is -2.46. The summed E-state index contributed by atoms with van der Waals surface area (Å²) in [5.74, 6) is 4.22. The Morgan fingerprint density at radius 1 is 1.04 bits per heavy atom. The van der Waals surface area contributed by atoms with Crippen LogP contribution in [0.3, 0.4) is 0 Å². The lowest BCUT2D eigenvalue weighted by atomic mass is 9.55. The van der Waals surface area contributed by atoms with Gasteiger partial charge in [-0.15, -0.1) is 0 Å². The highest BCUT2D eigenvalue weighted by molar-refractivity contribution is 5.92. The van der Waals surface area contributed by atoms with Crippen molar-refractivity contribution in [3.05, 3.63) is 24.3 Å². The summed E-state index contributed by atoms with van der Waals surface area (Å²) in [4.78, 5) is 12.0. The molecule has 0 radical (unpaired) electrons. The van der Waals surface area contributed by atoms with Crippen LogP contribution in [0.4, 0.5) is 0 Å². The summed E-state index contributed by atoms with van der Waals surface area (Å²) >= 11 is 0. The minimum atomic E-state index is -0.202. The van der Waals surface area contributed by atoms with E-state index in [0.717, 1.165) is 17.6 Å². The Balaban J connectivity index is 1.30. The van der Waals surface area contributed by atoms with Gasteiger partial charge in [0.1, 0.15) is 11.5 Å². The number of hydrogen-bond donors (Lipinski definition) is 1.